The predicted octanol–water partition coefficient (Wildman–Crippen LogP) is 4.66. The number of aryl methyl sites for hydroxylation is 1. The van der Waals surface area contributed by atoms with Gasteiger partial charge in [0, 0.05) is 24.7 Å². The minimum atomic E-state index is -0.0405. The summed E-state index contributed by atoms with van der Waals surface area (Å²) in [6, 6.07) is 1.97. The highest BCUT2D eigenvalue weighted by atomic mass is 32.1. The second kappa shape index (κ2) is 9.14. The van der Waals surface area contributed by atoms with Gasteiger partial charge >= 0.3 is 0 Å². The van der Waals surface area contributed by atoms with Crippen molar-refractivity contribution in [1.29, 1.82) is 0 Å². The summed E-state index contributed by atoms with van der Waals surface area (Å²) in [5.41, 5.74) is 4.10. The first-order valence-corrected chi connectivity index (χ1v) is 12.6. The van der Waals surface area contributed by atoms with Crippen LogP contribution in [0.4, 0.5) is 5.13 Å². The van der Waals surface area contributed by atoms with Crippen molar-refractivity contribution in [2.24, 2.45) is 5.92 Å². The Morgan fingerprint density at radius 1 is 1.31 bits per heavy atom. The molecule has 0 saturated carbocycles. The molecule has 4 heterocycles. The quantitative estimate of drug-likeness (QED) is 0.717. The van der Waals surface area contributed by atoms with Gasteiger partial charge in [0.1, 0.15) is 18.1 Å². The van der Waals surface area contributed by atoms with Gasteiger partial charge < -0.3 is 19.5 Å². The summed E-state index contributed by atoms with van der Waals surface area (Å²) >= 11 is 1.71. The van der Waals surface area contributed by atoms with E-state index in [1.54, 1.807) is 11.3 Å². The number of hydrogen-bond donors (Lipinski definition) is 1. The molecule has 0 bridgehead atoms. The fourth-order valence-electron chi connectivity index (χ4n) is 4.93. The Balaban J connectivity index is 1.26. The molecule has 170 valence electrons. The van der Waals surface area contributed by atoms with Crippen LogP contribution in [0.3, 0.4) is 0 Å². The number of amides is 1. The Bertz CT molecular complexity index is 1040. The van der Waals surface area contributed by atoms with E-state index in [2.05, 4.69) is 34.7 Å². The summed E-state index contributed by atoms with van der Waals surface area (Å²) in [5.74, 6) is 1.43. The van der Waals surface area contributed by atoms with E-state index in [-0.39, 0.29) is 11.9 Å². The molecule has 2 aromatic rings. The van der Waals surface area contributed by atoms with E-state index in [0.29, 0.717) is 24.8 Å². The topological polar surface area (TPSA) is 59.4 Å². The molecule has 2 atom stereocenters. The van der Waals surface area contributed by atoms with Crippen LogP contribution in [0.1, 0.15) is 60.8 Å². The third-order valence-corrected chi connectivity index (χ3v) is 7.63. The number of ether oxygens (including phenoxy) is 1. The Hall–Kier alpha value is -2.54. The van der Waals surface area contributed by atoms with Crippen LogP contribution in [0.5, 0.6) is 0 Å². The maximum atomic E-state index is 13.2. The van der Waals surface area contributed by atoms with Gasteiger partial charge in [-0.15, -0.1) is 11.3 Å². The van der Waals surface area contributed by atoms with E-state index in [4.69, 9.17) is 9.72 Å². The molecule has 1 aliphatic carbocycles. The third-order valence-electron chi connectivity index (χ3n) is 6.68. The molecule has 7 heteroatoms. The van der Waals surface area contributed by atoms with Crippen LogP contribution in [0.25, 0.3) is 0 Å². The molecule has 5 rings (SSSR count). The Morgan fingerprint density at radius 3 is 3.00 bits per heavy atom. The minimum absolute atomic E-state index is 0.00355. The van der Waals surface area contributed by atoms with Crippen molar-refractivity contribution in [2.75, 3.05) is 24.6 Å². The molecule has 0 aromatic carbocycles. The van der Waals surface area contributed by atoms with Crippen molar-refractivity contribution in [3.8, 4) is 0 Å². The first-order valence-electron chi connectivity index (χ1n) is 11.8. The molecule has 0 spiro atoms. The molecular weight excluding hydrogens is 420 g/mol. The Morgan fingerprint density at radius 2 is 2.16 bits per heavy atom. The number of nitrogens with one attached hydrogen (secondary N) is 1. The van der Waals surface area contributed by atoms with Gasteiger partial charge in [0.2, 0.25) is 0 Å². The standard InChI is InChI=1S/C25H32N4O2S/c1-17-11-22(24(30)26-19-12-21-18(2)7-6-8-23(21)31-15-19)29(13-17)14-20-16-32-25(27-20)28-9-4-3-5-10-28/h6,8,11,13,16,18-19H,3-5,7,9-10,12,14-15H2,1-2H3,(H,26,30). The average Bonchev–Trinajstić information content (AvgIpc) is 3.42. The summed E-state index contributed by atoms with van der Waals surface area (Å²) in [6.45, 7) is 7.58. The molecular formula is C25H32N4O2S. The summed E-state index contributed by atoms with van der Waals surface area (Å²) in [5, 5.41) is 6.45. The summed E-state index contributed by atoms with van der Waals surface area (Å²) in [7, 11) is 0. The van der Waals surface area contributed by atoms with E-state index in [0.717, 1.165) is 48.1 Å². The SMILES string of the molecule is Cc1cc(C(=O)NC2COC3=C(C2)C(C)CC=C3)n(Cc2csc(N3CCCCC3)n2)c1. The van der Waals surface area contributed by atoms with Crippen molar-refractivity contribution >= 4 is 22.4 Å². The zero-order chi connectivity index (χ0) is 22.1. The second-order valence-corrected chi connectivity index (χ2v) is 10.2. The largest absolute Gasteiger partial charge is 0.491 e. The lowest BCUT2D eigenvalue weighted by Gasteiger charge is -2.32. The number of piperidine rings is 1. The molecule has 1 saturated heterocycles. The lowest BCUT2D eigenvalue weighted by atomic mass is 9.86. The van der Waals surface area contributed by atoms with Crippen LogP contribution in [0.2, 0.25) is 0 Å². The van der Waals surface area contributed by atoms with Crippen LogP contribution < -0.4 is 10.2 Å². The lowest BCUT2D eigenvalue weighted by molar-refractivity contribution is 0.0876. The number of nitrogens with zero attached hydrogens (tertiary/aromatic N) is 3. The Labute approximate surface area is 194 Å². The van der Waals surface area contributed by atoms with E-state index in [1.165, 1.54) is 24.8 Å². The molecule has 3 aliphatic rings. The van der Waals surface area contributed by atoms with Gasteiger partial charge in [-0.1, -0.05) is 13.0 Å². The van der Waals surface area contributed by atoms with Crippen molar-refractivity contribution in [1.82, 2.24) is 14.9 Å². The number of carbonyl (C=O) groups excluding carboxylic acids is 1. The third kappa shape index (κ3) is 4.49. The number of thiazole rings is 1. The fraction of sp³-hybridized carbons (Fsp3) is 0.520. The normalized spacial score (nSPS) is 23.1. The van der Waals surface area contributed by atoms with E-state index < -0.39 is 0 Å². The van der Waals surface area contributed by atoms with Gasteiger partial charge in [0.05, 0.1) is 18.3 Å². The molecule has 32 heavy (non-hydrogen) atoms. The maximum Gasteiger partial charge on any atom is 0.268 e. The summed E-state index contributed by atoms with van der Waals surface area (Å²) < 4.78 is 7.98. The maximum absolute atomic E-state index is 13.2. The van der Waals surface area contributed by atoms with Gasteiger partial charge in [-0.05, 0) is 68.2 Å². The van der Waals surface area contributed by atoms with Crippen LogP contribution >= 0.6 is 11.3 Å². The van der Waals surface area contributed by atoms with Gasteiger partial charge in [-0.25, -0.2) is 4.98 Å². The van der Waals surface area contributed by atoms with Gasteiger partial charge in [-0.2, -0.15) is 0 Å². The van der Waals surface area contributed by atoms with Crippen molar-refractivity contribution in [2.45, 2.75) is 58.5 Å². The van der Waals surface area contributed by atoms with E-state index >= 15 is 0 Å². The van der Waals surface area contributed by atoms with Crippen LogP contribution in [0.15, 0.2) is 41.1 Å². The predicted molar refractivity (Wildman–Crippen MR) is 128 cm³/mol. The van der Waals surface area contributed by atoms with Crippen LogP contribution in [-0.4, -0.2) is 41.2 Å². The molecule has 2 unspecified atom stereocenters. The monoisotopic (exact) mass is 452 g/mol. The number of rotatable bonds is 5. The fourth-order valence-corrected chi connectivity index (χ4v) is 5.80. The zero-order valence-electron chi connectivity index (χ0n) is 19.0. The highest BCUT2D eigenvalue weighted by Crippen LogP contribution is 2.32. The number of anilines is 1. The van der Waals surface area contributed by atoms with Gasteiger partial charge in [0.15, 0.2) is 5.13 Å². The van der Waals surface area contributed by atoms with Crippen LogP contribution in [0, 0.1) is 12.8 Å². The summed E-state index contributed by atoms with van der Waals surface area (Å²) in [6.07, 6.45) is 12.0. The number of allylic oxidation sites excluding steroid dienone is 2. The Kier molecular flexibility index (Phi) is 6.09. The van der Waals surface area contributed by atoms with Crippen molar-refractivity contribution in [3.63, 3.8) is 0 Å². The first-order chi connectivity index (χ1) is 15.6. The molecule has 1 fully saturated rings. The van der Waals surface area contributed by atoms with E-state index in [1.807, 2.05) is 23.8 Å². The zero-order valence-corrected chi connectivity index (χ0v) is 19.8. The summed E-state index contributed by atoms with van der Waals surface area (Å²) in [4.78, 5) is 20.4. The first kappa shape index (κ1) is 21.3. The molecule has 6 nitrogen and oxygen atoms in total. The number of hydrogen-bond acceptors (Lipinski definition) is 5. The molecule has 0 radical (unpaired) electrons. The average molecular weight is 453 g/mol. The lowest BCUT2D eigenvalue weighted by Crippen LogP contribution is -2.42. The smallest absolute Gasteiger partial charge is 0.268 e. The molecule has 1 N–H and O–H groups in total. The van der Waals surface area contributed by atoms with Crippen molar-refractivity contribution in [3.05, 3.63) is 58.1 Å². The highest BCUT2D eigenvalue weighted by molar-refractivity contribution is 7.13. The molecule has 2 aliphatic heterocycles. The number of aromatic nitrogens is 2. The number of carbonyl (C=O) groups is 1. The highest BCUT2D eigenvalue weighted by Gasteiger charge is 2.28. The van der Waals surface area contributed by atoms with Crippen LogP contribution in [-0.2, 0) is 11.3 Å². The van der Waals surface area contributed by atoms with E-state index in [9.17, 15) is 4.79 Å². The van der Waals surface area contributed by atoms with Gasteiger partial charge in [-0.3, -0.25) is 4.79 Å². The molecule has 1 amide bonds. The van der Waals surface area contributed by atoms with Gasteiger partial charge in [0.25, 0.3) is 5.91 Å². The second-order valence-electron chi connectivity index (χ2n) is 9.31. The molecule has 2 aromatic heterocycles. The minimum Gasteiger partial charge on any atom is -0.491 e. The van der Waals surface area contributed by atoms with Crippen molar-refractivity contribution < 1.29 is 9.53 Å².